The molecule has 2 aromatic carbocycles. The Hall–Kier alpha value is -1.81. The van der Waals surface area contributed by atoms with E-state index in [1.54, 1.807) is 0 Å². The van der Waals surface area contributed by atoms with Gasteiger partial charge in [-0.25, -0.2) is 0 Å². The van der Waals surface area contributed by atoms with E-state index < -0.39 is 0 Å². The fraction of sp³-hybridized carbons (Fsp3) is 0.364. The SMILES string of the molecule is CCN1CCN(C(c2ccc(Cl)cc2)c2c(C)[nH]c3ccccc23)CC1. The second kappa shape index (κ2) is 7.43. The standard InChI is InChI=1S/C22H26ClN3/c1-3-25-12-14-26(15-13-25)22(17-8-10-18(23)11-9-17)21-16(2)24-20-7-5-4-6-19(20)21/h4-11,22,24H,3,12-15H2,1-2H3. The van der Waals surface area contributed by atoms with Crippen molar-refractivity contribution in [2.24, 2.45) is 0 Å². The molecule has 1 aliphatic heterocycles. The lowest BCUT2D eigenvalue weighted by Gasteiger charge is -2.39. The van der Waals surface area contributed by atoms with Crippen LogP contribution in [-0.4, -0.2) is 47.5 Å². The van der Waals surface area contributed by atoms with E-state index in [0.717, 1.165) is 37.7 Å². The van der Waals surface area contributed by atoms with Crippen LogP contribution in [0.2, 0.25) is 5.02 Å². The van der Waals surface area contributed by atoms with E-state index in [0.29, 0.717) is 0 Å². The Kier molecular flexibility index (Phi) is 5.03. The molecule has 0 bridgehead atoms. The monoisotopic (exact) mass is 367 g/mol. The summed E-state index contributed by atoms with van der Waals surface area (Å²) in [7, 11) is 0. The number of aryl methyl sites for hydroxylation is 1. The lowest BCUT2D eigenvalue weighted by molar-refractivity contribution is 0.113. The first-order chi connectivity index (χ1) is 12.7. The number of fused-ring (bicyclic) bond motifs is 1. The number of likely N-dealkylation sites (N-methyl/N-ethyl adjacent to an activating group) is 1. The molecule has 0 saturated carbocycles. The number of para-hydroxylation sites is 1. The van der Waals surface area contributed by atoms with Gasteiger partial charge in [0, 0.05) is 53.4 Å². The molecule has 0 spiro atoms. The maximum absolute atomic E-state index is 6.16. The predicted octanol–water partition coefficient (Wildman–Crippen LogP) is 4.86. The highest BCUT2D eigenvalue weighted by Gasteiger charge is 2.29. The van der Waals surface area contributed by atoms with Crippen molar-refractivity contribution in [1.29, 1.82) is 0 Å². The van der Waals surface area contributed by atoms with Crippen molar-refractivity contribution in [2.75, 3.05) is 32.7 Å². The summed E-state index contributed by atoms with van der Waals surface area (Å²) in [5.41, 5.74) is 5.18. The molecule has 3 nitrogen and oxygen atoms in total. The van der Waals surface area contributed by atoms with Gasteiger partial charge in [0.05, 0.1) is 6.04 Å². The van der Waals surface area contributed by atoms with Crippen molar-refractivity contribution >= 4 is 22.5 Å². The first-order valence-corrected chi connectivity index (χ1v) is 9.84. The van der Waals surface area contributed by atoms with Crippen LogP contribution >= 0.6 is 11.6 Å². The number of hydrogen-bond donors (Lipinski definition) is 1. The third-order valence-corrected chi connectivity index (χ3v) is 5.87. The van der Waals surface area contributed by atoms with E-state index in [4.69, 9.17) is 11.6 Å². The minimum atomic E-state index is 0.252. The minimum Gasteiger partial charge on any atom is -0.358 e. The highest BCUT2D eigenvalue weighted by Crippen LogP contribution is 2.37. The van der Waals surface area contributed by atoms with Crippen molar-refractivity contribution in [3.63, 3.8) is 0 Å². The third kappa shape index (κ3) is 3.27. The van der Waals surface area contributed by atoms with E-state index in [1.807, 2.05) is 12.1 Å². The molecule has 1 atom stereocenters. The molecule has 1 unspecified atom stereocenters. The highest BCUT2D eigenvalue weighted by molar-refractivity contribution is 6.30. The highest BCUT2D eigenvalue weighted by atomic mass is 35.5. The minimum absolute atomic E-state index is 0.252. The molecule has 3 aromatic rings. The van der Waals surface area contributed by atoms with Crippen LogP contribution in [0.4, 0.5) is 0 Å². The summed E-state index contributed by atoms with van der Waals surface area (Å²) in [5.74, 6) is 0. The number of halogens is 1. The van der Waals surface area contributed by atoms with Crippen LogP contribution in [0.15, 0.2) is 48.5 Å². The fourth-order valence-corrected chi connectivity index (χ4v) is 4.32. The molecule has 0 amide bonds. The first-order valence-electron chi connectivity index (χ1n) is 9.46. The van der Waals surface area contributed by atoms with E-state index in [1.165, 1.54) is 27.7 Å². The molecule has 26 heavy (non-hydrogen) atoms. The summed E-state index contributed by atoms with van der Waals surface area (Å²) in [6, 6.07) is 17.3. The molecule has 1 saturated heterocycles. The van der Waals surface area contributed by atoms with Gasteiger partial charge in [-0.1, -0.05) is 48.9 Å². The summed E-state index contributed by atoms with van der Waals surface area (Å²) < 4.78 is 0. The average molecular weight is 368 g/mol. The molecular weight excluding hydrogens is 342 g/mol. The van der Waals surface area contributed by atoms with Gasteiger partial charge in [-0.15, -0.1) is 0 Å². The Labute approximate surface area is 160 Å². The molecule has 1 N–H and O–H groups in total. The van der Waals surface area contributed by atoms with Crippen LogP contribution in [0.5, 0.6) is 0 Å². The van der Waals surface area contributed by atoms with Gasteiger partial charge in [0.1, 0.15) is 0 Å². The van der Waals surface area contributed by atoms with Crippen molar-refractivity contribution < 1.29 is 0 Å². The molecule has 4 rings (SSSR count). The van der Waals surface area contributed by atoms with E-state index in [9.17, 15) is 0 Å². The number of rotatable bonds is 4. The number of piperazine rings is 1. The van der Waals surface area contributed by atoms with Gasteiger partial charge in [0.15, 0.2) is 0 Å². The Balaban J connectivity index is 1.80. The maximum Gasteiger partial charge on any atom is 0.0626 e. The predicted molar refractivity (Wildman–Crippen MR) is 110 cm³/mol. The lowest BCUT2D eigenvalue weighted by atomic mass is 9.94. The van der Waals surface area contributed by atoms with Gasteiger partial charge in [-0.05, 0) is 37.2 Å². The molecule has 1 aromatic heterocycles. The normalized spacial score (nSPS) is 17.7. The Bertz CT molecular complexity index is 876. The van der Waals surface area contributed by atoms with E-state index >= 15 is 0 Å². The Morgan fingerprint density at radius 3 is 2.38 bits per heavy atom. The Morgan fingerprint density at radius 1 is 1.00 bits per heavy atom. The number of hydrogen-bond acceptors (Lipinski definition) is 2. The first kappa shape index (κ1) is 17.6. The van der Waals surface area contributed by atoms with E-state index in [2.05, 4.69) is 65.0 Å². The average Bonchev–Trinajstić information content (AvgIpc) is 3.00. The van der Waals surface area contributed by atoms with Crippen LogP contribution in [0.25, 0.3) is 10.9 Å². The summed E-state index contributed by atoms with van der Waals surface area (Å²) in [5, 5.41) is 2.11. The summed E-state index contributed by atoms with van der Waals surface area (Å²) >= 11 is 6.16. The van der Waals surface area contributed by atoms with Crippen LogP contribution in [0.1, 0.15) is 29.8 Å². The number of H-pyrrole nitrogens is 1. The zero-order chi connectivity index (χ0) is 18.1. The van der Waals surface area contributed by atoms with Gasteiger partial charge in [-0.2, -0.15) is 0 Å². The summed E-state index contributed by atoms with van der Waals surface area (Å²) in [4.78, 5) is 8.73. The van der Waals surface area contributed by atoms with Crippen LogP contribution < -0.4 is 0 Å². The third-order valence-electron chi connectivity index (χ3n) is 5.62. The smallest absolute Gasteiger partial charge is 0.0626 e. The van der Waals surface area contributed by atoms with Crippen molar-refractivity contribution in [3.8, 4) is 0 Å². The molecule has 1 aliphatic rings. The zero-order valence-electron chi connectivity index (χ0n) is 15.5. The largest absolute Gasteiger partial charge is 0.358 e. The fourth-order valence-electron chi connectivity index (χ4n) is 4.19. The van der Waals surface area contributed by atoms with Crippen molar-refractivity contribution in [3.05, 3.63) is 70.4 Å². The van der Waals surface area contributed by atoms with E-state index in [-0.39, 0.29) is 6.04 Å². The number of benzene rings is 2. The molecule has 0 radical (unpaired) electrons. The quantitative estimate of drug-likeness (QED) is 0.711. The summed E-state index contributed by atoms with van der Waals surface area (Å²) in [6.45, 7) is 9.99. The number of aromatic amines is 1. The van der Waals surface area contributed by atoms with Gasteiger partial charge in [0.2, 0.25) is 0 Å². The molecular formula is C22H26ClN3. The molecule has 0 aliphatic carbocycles. The molecule has 1 fully saturated rings. The maximum atomic E-state index is 6.16. The van der Waals surface area contributed by atoms with Crippen molar-refractivity contribution in [1.82, 2.24) is 14.8 Å². The zero-order valence-corrected chi connectivity index (χ0v) is 16.3. The molecule has 136 valence electrons. The Morgan fingerprint density at radius 2 is 1.69 bits per heavy atom. The van der Waals surface area contributed by atoms with Crippen LogP contribution in [0, 0.1) is 6.92 Å². The van der Waals surface area contributed by atoms with Gasteiger partial charge in [0.25, 0.3) is 0 Å². The number of nitrogens with zero attached hydrogens (tertiary/aromatic N) is 2. The van der Waals surface area contributed by atoms with Gasteiger partial charge < -0.3 is 9.88 Å². The topological polar surface area (TPSA) is 22.3 Å². The number of aromatic nitrogens is 1. The van der Waals surface area contributed by atoms with Crippen molar-refractivity contribution in [2.45, 2.75) is 19.9 Å². The van der Waals surface area contributed by atoms with Gasteiger partial charge in [-0.3, -0.25) is 4.90 Å². The van der Waals surface area contributed by atoms with Crippen LogP contribution in [-0.2, 0) is 0 Å². The van der Waals surface area contributed by atoms with Crippen LogP contribution in [0.3, 0.4) is 0 Å². The number of nitrogens with one attached hydrogen (secondary N) is 1. The molecule has 4 heteroatoms. The molecule has 2 heterocycles. The second-order valence-electron chi connectivity index (χ2n) is 7.13. The lowest BCUT2D eigenvalue weighted by Crippen LogP contribution is -2.47. The second-order valence-corrected chi connectivity index (χ2v) is 7.57. The summed E-state index contributed by atoms with van der Waals surface area (Å²) in [6.07, 6.45) is 0. The van der Waals surface area contributed by atoms with Gasteiger partial charge >= 0.3 is 0 Å².